The molecule has 17 heavy (non-hydrogen) atoms. The van der Waals surface area contributed by atoms with Crippen LogP contribution in [0.3, 0.4) is 0 Å². The number of rotatable bonds is 5. The number of nitrogens with one attached hydrogen (secondary N) is 1. The van der Waals surface area contributed by atoms with Gasteiger partial charge in [-0.05, 0) is 49.2 Å². The topological polar surface area (TPSA) is 15.3 Å². The maximum atomic E-state index is 3.66. The average molecular weight is 238 g/mol. The molecule has 0 aromatic carbocycles. The number of hydrogen-bond donors (Lipinski definition) is 1. The summed E-state index contributed by atoms with van der Waals surface area (Å²) >= 11 is 0. The van der Waals surface area contributed by atoms with Crippen molar-refractivity contribution >= 4 is 0 Å². The van der Waals surface area contributed by atoms with Gasteiger partial charge in [0.1, 0.15) is 0 Å². The Balaban J connectivity index is 1.58. The summed E-state index contributed by atoms with van der Waals surface area (Å²) in [5.74, 6) is 0.858. The molecule has 1 aliphatic carbocycles. The highest BCUT2D eigenvalue weighted by Gasteiger charge is 2.63. The number of piperidine rings is 1. The normalized spacial score (nSPS) is 28.2. The van der Waals surface area contributed by atoms with Crippen LogP contribution < -0.4 is 5.32 Å². The first-order valence-electron chi connectivity index (χ1n) is 7.39. The third kappa shape index (κ3) is 2.68. The molecule has 1 aliphatic heterocycles. The molecule has 0 spiro atoms. The highest BCUT2D eigenvalue weighted by atomic mass is 15.1. The van der Waals surface area contributed by atoms with E-state index in [0.29, 0.717) is 10.8 Å². The van der Waals surface area contributed by atoms with E-state index < -0.39 is 0 Å². The molecule has 0 unspecified atom stereocenters. The average Bonchev–Trinajstić information content (AvgIpc) is 2.67. The van der Waals surface area contributed by atoms with E-state index in [1.165, 1.54) is 52.0 Å². The van der Waals surface area contributed by atoms with Crippen molar-refractivity contribution in [3.8, 4) is 0 Å². The molecule has 1 heterocycles. The van der Waals surface area contributed by atoms with Crippen molar-refractivity contribution in [3.63, 3.8) is 0 Å². The highest BCUT2D eigenvalue weighted by Crippen LogP contribution is 2.67. The number of nitrogens with zero attached hydrogens (tertiary/aromatic N) is 1. The van der Waals surface area contributed by atoms with E-state index >= 15 is 0 Å². The van der Waals surface area contributed by atoms with Gasteiger partial charge in [-0.25, -0.2) is 0 Å². The lowest BCUT2D eigenvalue weighted by atomic mass is 10.0. The zero-order valence-corrected chi connectivity index (χ0v) is 12.2. The van der Waals surface area contributed by atoms with Crippen molar-refractivity contribution < 1.29 is 0 Å². The van der Waals surface area contributed by atoms with Crippen LogP contribution in [0.1, 0.15) is 47.0 Å². The van der Waals surface area contributed by atoms with Gasteiger partial charge in [0.05, 0.1) is 0 Å². The second kappa shape index (κ2) is 4.89. The minimum absolute atomic E-state index is 0.533. The molecule has 2 aliphatic rings. The molecule has 2 fully saturated rings. The molecule has 0 radical (unpaired) electrons. The molecular weight excluding hydrogens is 208 g/mol. The fourth-order valence-electron chi connectivity index (χ4n) is 3.51. The predicted octanol–water partition coefficient (Wildman–Crippen LogP) is 2.74. The fourth-order valence-corrected chi connectivity index (χ4v) is 3.51. The van der Waals surface area contributed by atoms with E-state index in [2.05, 4.69) is 37.9 Å². The van der Waals surface area contributed by atoms with Gasteiger partial charge >= 0.3 is 0 Å². The van der Waals surface area contributed by atoms with Crippen molar-refractivity contribution in [1.82, 2.24) is 10.2 Å². The lowest BCUT2D eigenvalue weighted by Gasteiger charge is -2.26. The van der Waals surface area contributed by atoms with Gasteiger partial charge in [-0.1, -0.05) is 34.1 Å². The van der Waals surface area contributed by atoms with Gasteiger partial charge in [-0.15, -0.1) is 0 Å². The number of likely N-dealkylation sites (tertiary alicyclic amines) is 1. The Kier molecular flexibility index (Phi) is 3.84. The van der Waals surface area contributed by atoms with Crippen LogP contribution in [0.15, 0.2) is 0 Å². The molecule has 100 valence electrons. The molecule has 0 aromatic heterocycles. The van der Waals surface area contributed by atoms with Gasteiger partial charge in [-0.3, -0.25) is 0 Å². The summed E-state index contributed by atoms with van der Waals surface area (Å²) < 4.78 is 0. The monoisotopic (exact) mass is 238 g/mol. The fraction of sp³-hybridized carbons (Fsp3) is 1.00. The Morgan fingerprint density at radius 3 is 2.12 bits per heavy atom. The van der Waals surface area contributed by atoms with Crippen LogP contribution >= 0.6 is 0 Å². The molecule has 0 amide bonds. The Morgan fingerprint density at radius 2 is 1.59 bits per heavy atom. The summed E-state index contributed by atoms with van der Waals surface area (Å²) in [6.45, 7) is 15.9. The van der Waals surface area contributed by atoms with Crippen LogP contribution in [0, 0.1) is 16.7 Å². The molecule has 1 saturated heterocycles. The van der Waals surface area contributed by atoms with Crippen molar-refractivity contribution in [3.05, 3.63) is 0 Å². The lowest BCUT2D eigenvalue weighted by molar-refractivity contribution is 0.228. The molecule has 2 rings (SSSR count). The number of hydrogen-bond acceptors (Lipinski definition) is 2. The van der Waals surface area contributed by atoms with Gasteiger partial charge in [0.15, 0.2) is 0 Å². The zero-order valence-electron chi connectivity index (χ0n) is 12.2. The van der Waals surface area contributed by atoms with Crippen LogP contribution in [0.25, 0.3) is 0 Å². The standard InChI is InChI=1S/C15H30N2/c1-14(2)13(15(14,3)4)12-16-8-11-17-9-6-5-7-10-17/h13,16H,5-12H2,1-4H3. The zero-order chi connectivity index (χ0) is 12.5. The van der Waals surface area contributed by atoms with Gasteiger partial charge in [0, 0.05) is 13.1 Å². The van der Waals surface area contributed by atoms with Crippen LogP contribution in [0.4, 0.5) is 0 Å². The Labute approximate surface area is 107 Å². The Bertz CT molecular complexity index is 238. The summed E-state index contributed by atoms with van der Waals surface area (Å²) in [5, 5.41) is 3.66. The van der Waals surface area contributed by atoms with Gasteiger partial charge < -0.3 is 10.2 Å². The molecular formula is C15H30N2. The largest absolute Gasteiger partial charge is 0.315 e. The lowest BCUT2D eigenvalue weighted by Crippen LogP contribution is -2.36. The van der Waals surface area contributed by atoms with E-state index in [4.69, 9.17) is 0 Å². The van der Waals surface area contributed by atoms with Gasteiger partial charge in [-0.2, -0.15) is 0 Å². The van der Waals surface area contributed by atoms with Crippen LogP contribution in [-0.2, 0) is 0 Å². The van der Waals surface area contributed by atoms with Crippen molar-refractivity contribution in [2.24, 2.45) is 16.7 Å². The maximum absolute atomic E-state index is 3.66. The minimum Gasteiger partial charge on any atom is -0.315 e. The SMILES string of the molecule is CC1(C)C(CNCCN2CCCCC2)C1(C)C. The van der Waals surface area contributed by atoms with Crippen LogP contribution in [-0.4, -0.2) is 37.6 Å². The van der Waals surface area contributed by atoms with E-state index in [9.17, 15) is 0 Å². The van der Waals surface area contributed by atoms with Crippen LogP contribution in [0.2, 0.25) is 0 Å². The minimum atomic E-state index is 0.533. The molecule has 2 nitrogen and oxygen atoms in total. The molecule has 0 atom stereocenters. The van der Waals surface area contributed by atoms with E-state index in [0.717, 1.165) is 5.92 Å². The quantitative estimate of drug-likeness (QED) is 0.741. The first kappa shape index (κ1) is 13.4. The van der Waals surface area contributed by atoms with Crippen molar-refractivity contribution in [1.29, 1.82) is 0 Å². The third-order valence-electron chi connectivity index (χ3n) is 5.72. The summed E-state index contributed by atoms with van der Waals surface area (Å²) in [5.41, 5.74) is 1.07. The maximum Gasteiger partial charge on any atom is 0.0107 e. The second-order valence-corrected chi connectivity index (χ2v) is 7.10. The molecule has 0 aromatic rings. The van der Waals surface area contributed by atoms with Crippen molar-refractivity contribution in [2.45, 2.75) is 47.0 Å². The second-order valence-electron chi connectivity index (χ2n) is 7.10. The summed E-state index contributed by atoms with van der Waals surface area (Å²) in [6.07, 6.45) is 4.25. The molecule has 2 heteroatoms. The Hall–Kier alpha value is -0.0800. The smallest absolute Gasteiger partial charge is 0.0107 e. The summed E-state index contributed by atoms with van der Waals surface area (Å²) in [7, 11) is 0. The van der Waals surface area contributed by atoms with Gasteiger partial charge in [0.2, 0.25) is 0 Å². The first-order valence-corrected chi connectivity index (χ1v) is 7.39. The first-order chi connectivity index (χ1) is 7.96. The molecule has 1 N–H and O–H groups in total. The van der Waals surface area contributed by atoms with E-state index in [-0.39, 0.29) is 0 Å². The highest BCUT2D eigenvalue weighted by molar-refractivity contribution is 5.12. The van der Waals surface area contributed by atoms with Crippen LogP contribution in [0.5, 0.6) is 0 Å². The van der Waals surface area contributed by atoms with Crippen molar-refractivity contribution in [2.75, 3.05) is 32.7 Å². The predicted molar refractivity (Wildman–Crippen MR) is 74.2 cm³/mol. The van der Waals surface area contributed by atoms with Gasteiger partial charge in [0.25, 0.3) is 0 Å². The molecule has 0 bridgehead atoms. The molecule has 1 saturated carbocycles. The van der Waals surface area contributed by atoms with E-state index in [1.54, 1.807) is 0 Å². The summed E-state index contributed by atoms with van der Waals surface area (Å²) in [4.78, 5) is 2.61. The summed E-state index contributed by atoms with van der Waals surface area (Å²) in [6, 6.07) is 0. The van der Waals surface area contributed by atoms with E-state index in [1.807, 2.05) is 0 Å². The third-order valence-corrected chi connectivity index (χ3v) is 5.72. The Morgan fingerprint density at radius 1 is 1.00 bits per heavy atom.